The molecule has 2 heterocycles. The molecule has 4 amide bonds. The first-order valence-corrected chi connectivity index (χ1v) is 14.4. The average molecular weight is 617 g/mol. The van der Waals surface area contributed by atoms with E-state index in [0.29, 0.717) is 34.5 Å². The quantitative estimate of drug-likeness (QED) is 0.0940. The summed E-state index contributed by atoms with van der Waals surface area (Å²) in [6.07, 6.45) is 1.31. The summed E-state index contributed by atoms with van der Waals surface area (Å²) in [5.41, 5.74) is 0.655. The highest BCUT2D eigenvalue weighted by Crippen LogP contribution is 2.21. The monoisotopic (exact) mass is 616 g/mol. The average Bonchev–Trinajstić information content (AvgIpc) is 3.58. The number of aromatic nitrogens is 4. The fraction of sp³-hybridized carbons (Fsp3) is 0.182. The van der Waals surface area contributed by atoms with E-state index in [9.17, 15) is 29.8 Å². The number of carbonyl (C=O) groups excluding carboxylic acids is 2. The van der Waals surface area contributed by atoms with Crippen LogP contribution in [-0.4, -0.2) is 53.8 Å². The molecule has 4 N–H and O–H groups in total. The molecule has 212 valence electrons. The number of rotatable bonds is 12. The van der Waals surface area contributed by atoms with E-state index < -0.39 is 21.9 Å². The number of urea groups is 2. The predicted octanol–water partition coefficient (Wildman–Crippen LogP) is 5.01. The van der Waals surface area contributed by atoms with Crippen LogP contribution < -0.4 is 21.3 Å². The van der Waals surface area contributed by atoms with E-state index >= 15 is 0 Å². The SMILES string of the molecule is O=C(Nc1ccc([N+](=O)[O-])cc1)Nc1nnc(CCSCCc2nnc(NC(=O)Nc3ccc([N+](=O)[O-])cc3)s2)s1. The van der Waals surface area contributed by atoms with Crippen LogP contribution in [0.3, 0.4) is 0 Å². The lowest BCUT2D eigenvalue weighted by Gasteiger charge is -2.04. The number of nitrogens with zero attached hydrogens (tertiary/aromatic N) is 6. The molecule has 4 rings (SSSR count). The van der Waals surface area contributed by atoms with Crippen LogP contribution in [0.15, 0.2) is 48.5 Å². The summed E-state index contributed by atoms with van der Waals surface area (Å²) in [6, 6.07) is 9.83. The molecule has 19 heteroatoms. The summed E-state index contributed by atoms with van der Waals surface area (Å²) < 4.78 is 0. The number of hydrogen-bond acceptors (Lipinski definition) is 13. The highest BCUT2D eigenvalue weighted by atomic mass is 32.2. The standard InChI is InChI=1S/C22H20N10O6S3/c33-19(23-13-1-5-15(6-2-13)31(35)36)25-21-29-27-17(40-21)9-11-39-12-10-18-28-30-22(41-18)26-20(34)24-14-3-7-16(8-4-14)32(37)38/h1-8H,9-12H2,(H2,23,25,29,33)(H2,24,26,30,34). The van der Waals surface area contributed by atoms with E-state index in [1.54, 1.807) is 11.8 Å². The van der Waals surface area contributed by atoms with Crippen molar-refractivity contribution in [2.75, 3.05) is 32.8 Å². The van der Waals surface area contributed by atoms with Gasteiger partial charge >= 0.3 is 12.1 Å². The zero-order chi connectivity index (χ0) is 29.2. The maximum absolute atomic E-state index is 12.1. The Bertz CT molecular complexity index is 1410. The molecular formula is C22H20N10O6S3. The highest BCUT2D eigenvalue weighted by molar-refractivity contribution is 7.99. The van der Waals surface area contributed by atoms with Gasteiger partial charge in [-0.3, -0.25) is 30.9 Å². The summed E-state index contributed by atoms with van der Waals surface area (Å²) in [5.74, 6) is 1.54. The minimum absolute atomic E-state index is 0.0736. The maximum atomic E-state index is 12.1. The number of benzene rings is 2. The van der Waals surface area contributed by atoms with Crippen molar-refractivity contribution in [3.63, 3.8) is 0 Å². The summed E-state index contributed by atoms with van der Waals surface area (Å²) in [4.78, 5) is 44.7. The minimum Gasteiger partial charge on any atom is -0.308 e. The Hall–Kier alpha value is -4.75. The Morgan fingerprint density at radius 3 is 1.41 bits per heavy atom. The molecule has 2 aromatic carbocycles. The Balaban J connectivity index is 1.12. The largest absolute Gasteiger partial charge is 0.325 e. The third-order valence-corrected chi connectivity index (χ3v) is 7.75. The Labute approximate surface area is 243 Å². The molecule has 41 heavy (non-hydrogen) atoms. The van der Waals surface area contributed by atoms with Gasteiger partial charge in [-0.15, -0.1) is 20.4 Å². The molecule has 0 fully saturated rings. The van der Waals surface area contributed by atoms with Crippen molar-refractivity contribution in [1.82, 2.24) is 20.4 Å². The fourth-order valence-corrected chi connectivity index (χ4v) is 5.69. The lowest BCUT2D eigenvalue weighted by atomic mass is 10.3. The van der Waals surface area contributed by atoms with Crippen molar-refractivity contribution >= 4 is 79.5 Å². The van der Waals surface area contributed by atoms with Crippen LogP contribution in [0.5, 0.6) is 0 Å². The molecule has 2 aromatic heterocycles. The van der Waals surface area contributed by atoms with Gasteiger partial charge in [-0.2, -0.15) is 11.8 Å². The predicted molar refractivity (Wildman–Crippen MR) is 156 cm³/mol. The van der Waals surface area contributed by atoms with Crippen LogP contribution in [0, 0.1) is 20.2 Å². The third-order valence-electron chi connectivity index (χ3n) is 4.97. The van der Waals surface area contributed by atoms with Crippen molar-refractivity contribution < 1.29 is 19.4 Å². The lowest BCUT2D eigenvalue weighted by Crippen LogP contribution is -2.19. The smallest absolute Gasteiger partial charge is 0.308 e. The number of non-ortho nitro benzene ring substituents is 2. The zero-order valence-electron chi connectivity index (χ0n) is 20.8. The summed E-state index contributed by atoms with van der Waals surface area (Å²) >= 11 is 4.18. The van der Waals surface area contributed by atoms with Gasteiger partial charge in [-0.05, 0) is 35.8 Å². The van der Waals surface area contributed by atoms with Gasteiger partial charge in [-0.1, -0.05) is 22.7 Å². The topological polar surface area (TPSA) is 220 Å². The van der Waals surface area contributed by atoms with Crippen molar-refractivity contribution in [2.45, 2.75) is 12.8 Å². The molecule has 0 atom stereocenters. The van der Waals surface area contributed by atoms with Crippen molar-refractivity contribution in [2.24, 2.45) is 0 Å². The van der Waals surface area contributed by atoms with Gasteiger partial charge in [0.05, 0.1) is 9.85 Å². The van der Waals surface area contributed by atoms with Crippen LogP contribution >= 0.6 is 34.4 Å². The van der Waals surface area contributed by atoms with Crippen LogP contribution in [0.2, 0.25) is 0 Å². The fourth-order valence-electron chi connectivity index (χ4n) is 3.08. The Kier molecular flexibility index (Phi) is 10.0. The molecule has 0 aliphatic carbocycles. The molecule has 0 aliphatic rings. The van der Waals surface area contributed by atoms with Gasteiger partial charge in [0.2, 0.25) is 10.3 Å². The van der Waals surface area contributed by atoms with Crippen LogP contribution in [0.1, 0.15) is 10.0 Å². The molecule has 0 radical (unpaired) electrons. The van der Waals surface area contributed by atoms with Crippen molar-refractivity contribution in [3.05, 3.63) is 78.8 Å². The Morgan fingerprint density at radius 2 is 1.05 bits per heavy atom. The van der Waals surface area contributed by atoms with E-state index in [4.69, 9.17) is 0 Å². The Morgan fingerprint density at radius 1 is 0.659 bits per heavy atom. The normalized spacial score (nSPS) is 10.5. The molecular weight excluding hydrogens is 597 g/mol. The van der Waals surface area contributed by atoms with E-state index in [1.165, 1.54) is 71.2 Å². The zero-order valence-corrected chi connectivity index (χ0v) is 23.3. The van der Waals surface area contributed by atoms with Crippen molar-refractivity contribution in [3.8, 4) is 0 Å². The second-order valence-electron chi connectivity index (χ2n) is 7.88. The second kappa shape index (κ2) is 14.1. The molecule has 0 spiro atoms. The summed E-state index contributed by atoms with van der Waals surface area (Å²) in [5, 5.41) is 50.0. The maximum Gasteiger partial charge on any atom is 0.325 e. The number of thioether (sulfide) groups is 1. The molecule has 0 saturated carbocycles. The van der Waals surface area contributed by atoms with Gasteiger partial charge < -0.3 is 10.6 Å². The van der Waals surface area contributed by atoms with E-state index in [2.05, 4.69) is 41.7 Å². The number of anilines is 4. The molecule has 0 unspecified atom stereocenters. The van der Waals surface area contributed by atoms with Crippen molar-refractivity contribution in [1.29, 1.82) is 0 Å². The number of aryl methyl sites for hydroxylation is 2. The molecule has 16 nitrogen and oxygen atoms in total. The first-order valence-electron chi connectivity index (χ1n) is 11.6. The van der Waals surface area contributed by atoms with Gasteiger partial charge in [0.1, 0.15) is 10.0 Å². The summed E-state index contributed by atoms with van der Waals surface area (Å²) in [6.45, 7) is 0. The number of nitro groups is 2. The van der Waals surface area contributed by atoms with Crippen LogP contribution in [0.4, 0.5) is 42.6 Å². The van der Waals surface area contributed by atoms with Crippen LogP contribution in [0.25, 0.3) is 0 Å². The van der Waals surface area contributed by atoms with E-state index in [-0.39, 0.29) is 11.4 Å². The lowest BCUT2D eigenvalue weighted by molar-refractivity contribution is -0.385. The molecule has 0 aliphatic heterocycles. The minimum atomic E-state index is -0.536. The van der Waals surface area contributed by atoms with Crippen LogP contribution in [-0.2, 0) is 12.8 Å². The third kappa shape index (κ3) is 9.15. The second-order valence-corrected chi connectivity index (χ2v) is 11.2. The highest BCUT2D eigenvalue weighted by Gasteiger charge is 2.12. The van der Waals surface area contributed by atoms with E-state index in [0.717, 1.165) is 21.5 Å². The van der Waals surface area contributed by atoms with E-state index in [1.807, 2.05) is 0 Å². The number of amides is 4. The summed E-state index contributed by atoms with van der Waals surface area (Å²) in [7, 11) is 0. The number of nitrogens with one attached hydrogen (secondary N) is 4. The molecule has 0 saturated heterocycles. The van der Waals surface area contributed by atoms with Gasteiger partial charge in [-0.25, -0.2) is 9.59 Å². The molecule has 4 aromatic rings. The van der Waals surface area contributed by atoms with Gasteiger partial charge in [0, 0.05) is 48.5 Å². The van der Waals surface area contributed by atoms with Gasteiger partial charge in [0.25, 0.3) is 11.4 Å². The van der Waals surface area contributed by atoms with Gasteiger partial charge in [0.15, 0.2) is 0 Å². The number of carbonyl (C=O) groups is 2. The number of hydrogen-bond donors (Lipinski definition) is 4. The first kappa shape index (κ1) is 29.2. The first-order chi connectivity index (χ1) is 19.7. The number of nitro benzene ring substituents is 2. The molecule has 0 bridgehead atoms.